The fourth-order valence-corrected chi connectivity index (χ4v) is 10.9. The molecule has 0 aromatic heterocycles. The van der Waals surface area contributed by atoms with E-state index in [4.69, 9.17) is 9.92 Å². The molecule has 6 unspecified atom stereocenters. The Bertz CT molecular complexity index is 950. The molecule has 0 heterocycles. The molecule has 0 bridgehead atoms. The molecule has 4 saturated carbocycles. The van der Waals surface area contributed by atoms with E-state index in [2.05, 4.69) is 24.5 Å². The molecule has 0 saturated heterocycles. The first-order valence-corrected chi connectivity index (χ1v) is 18.7. The van der Waals surface area contributed by atoms with Crippen molar-refractivity contribution < 1.29 is 22.3 Å². The largest absolute Gasteiger partial charge is 0.397 e. The van der Waals surface area contributed by atoms with Crippen molar-refractivity contribution in [1.82, 2.24) is 10.6 Å². The Balaban J connectivity index is 1.28. The van der Waals surface area contributed by atoms with Gasteiger partial charge in [0.2, 0.25) is 0 Å². The molecule has 10 atom stereocenters. The predicted octanol–water partition coefficient (Wildman–Crippen LogP) is 5.31. The van der Waals surface area contributed by atoms with E-state index >= 15 is 0 Å². The smallest absolute Gasteiger partial charge is 0.393 e. The molecule has 8 nitrogen and oxygen atoms in total. The van der Waals surface area contributed by atoms with Crippen LogP contribution >= 0.6 is 0 Å². The second-order valence-corrected chi connectivity index (χ2v) is 16.4. The summed E-state index contributed by atoms with van der Waals surface area (Å²) in [5, 5.41) is 19.1. The molecule has 42 heavy (non-hydrogen) atoms. The lowest BCUT2D eigenvalue weighted by Gasteiger charge is -2.62. The third kappa shape index (κ3) is 8.10. The van der Waals surface area contributed by atoms with Crippen LogP contribution in [0.1, 0.15) is 118 Å². The molecule has 4 aliphatic carbocycles. The maximum absolute atomic E-state index is 11.7. The Hall–Kier alpha value is -0.290. The zero-order valence-corrected chi connectivity index (χ0v) is 27.8. The Kier molecular flexibility index (Phi) is 12.2. The zero-order valence-electron chi connectivity index (χ0n) is 27.0. The summed E-state index contributed by atoms with van der Waals surface area (Å²) in [5.41, 5.74) is 6.16. The van der Waals surface area contributed by atoms with Crippen LogP contribution in [0.25, 0.3) is 0 Å². The summed E-state index contributed by atoms with van der Waals surface area (Å²) < 4.78 is 36.8. The number of hydrogen-bond acceptors (Lipinski definition) is 7. The first-order chi connectivity index (χ1) is 19.9. The quantitative estimate of drug-likeness (QED) is 0.117. The normalized spacial score (nSPS) is 39.1. The number of nitrogens with two attached hydrogens (primary N) is 1. The summed E-state index contributed by atoms with van der Waals surface area (Å²) in [6.07, 6.45) is 14.9. The Labute approximate surface area is 257 Å². The molecule has 0 spiro atoms. The highest BCUT2D eigenvalue weighted by atomic mass is 32.3. The van der Waals surface area contributed by atoms with Gasteiger partial charge in [-0.2, -0.15) is 8.42 Å². The Morgan fingerprint density at radius 1 is 0.929 bits per heavy atom. The third-order valence-electron chi connectivity index (χ3n) is 12.7. The number of hydrogen-bond donors (Lipinski definition) is 5. The van der Waals surface area contributed by atoms with Gasteiger partial charge in [0.05, 0.1) is 12.2 Å². The Morgan fingerprint density at radius 2 is 1.64 bits per heavy atom. The number of aliphatic hydroxyl groups excluding tert-OH is 1. The van der Waals surface area contributed by atoms with Crippen LogP contribution in [0, 0.1) is 46.3 Å². The highest BCUT2D eigenvalue weighted by Gasteiger charge is 2.62. The van der Waals surface area contributed by atoms with Crippen molar-refractivity contribution in [2.24, 2.45) is 52.1 Å². The van der Waals surface area contributed by atoms with Gasteiger partial charge in [0.25, 0.3) is 0 Å². The lowest BCUT2D eigenvalue weighted by atomic mass is 9.44. The minimum atomic E-state index is -4.44. The van der Waals surface area contributed by atoms with Crippen LogP contribution < -0.4 is 16.4 Å². The SMILES string of the molecule is CC(C)C(CCC[C@H]1CCC2C3C(O)CC4C[C@@H](NCCCNCCCCN)CC[C@]4(C)C3CC[C@@]21C)OS(=O)(=O)O. The predicted molar refractivity (Wildman–Crippen MR) is 169 cm³/mol. The summed E-state index contributed by atoms with van der Waals surface area (Å²) in [6.45, 7) is 12.9. The highest BCUT2D eigenvalue weighted by molar-refractivity contribution is 7.80. The van der Waals surface area contributed by atoms with Crippen LogP contribution in [0.3, 0.4) is 0 Å². The number of aliphatic hydroxyl groups is 1. The number of fused-ring (bicyclic) bond motifs is 5. The van der Waals surface area contributed by atoms with Crippen molar-refractivity contribution in [3.8, 4) is 0 Å². The van der Waals surface area contributed by atoms with E-state index in [-0.39, 0.29) is 17.4 Å². The van der Waals surface area contributed by atoms with E-state index in [1.165, 1.54) is 44.9 Å². The summed E-state index contributed by atoms with van der Waals surface area (Å²) >= 11 is 0. The molecule has 4 fully saturated rings. The molecule has 246 valence electrons. The van der Waals surface area contributed by atoms with Gasteiger partial charge in [-0.25, -0.2) is 4.18 Å². The molecular weight excluding hydrogens is 550 g/mol. The van der Waals surface area contributed by atoms with E-state index in [0.29, 0.717) is 47.5 Å². The average molecular weight is 614 g/mol. The monoisotopic (exact) mass is 613 g/mol. The second-order valence-electron chi connectivity index (χ2n) is 15.4. The summed E-state index contributed by atoms with van der Waals surface area (Å²) in [7, 11) is -4.44. The lowest BCUT2D eigenvalue weighted by Crippen LogP contribution is -2.59. The average Bonchev–Trinajstić information content (AvgIpc) is 3.25. The van der Waals surface area contributed by atoms with Gasteiger partial charge in [0, 0.05) is 6.04 Å². The lowest BCUT2D eigenvalue weighted by molar-refractivity contribution is -0.165. The molecule has 4 aliphatic rings. The fourth-order valence-electron chi connectivity index (χ4n) is 10.2. The number of unbranched alkanes of at least 4 members (excludes halogenated alkanes) is 1. The molecular formula is C33H63N3O5S. The van der Waals surface area contributed by atoms with Gasteiger partial charge >= 0.3 is 10.4 Å². The van der Waals surface area contributed by atoms with Crippen LogP contribution in [0.5, 0.6) is 0 Å². The van der Waals surface area contributed by atoms with Crippen molar-refractivity contribution in [1.29, 1.82) is 0 Å². The maximum atomic E-state index is 11.7. The van der Waals surface area contributed by atoms with Crippen molar-refractivity contribution in [2.75, 3.05) is 26.2 Å². The van der Waals surface area contributed by atoms with Gasteiger partial charge in [-0.05, 0) is 156 Å². The molecule has 0 aliphatic heterocycles. The highest BCUT2D eigenvalue weighted by Crippen LogP contribution is 2.68. The van der Waals surface area contributed by atoms with Crippen molar-refractivity contribution in [3.63, 3.8) is 0 Å². The van der Waals surface area contributed by atoms with Gasteiger partial charge in [0.15, 0.2) is 0 Å². The first-order valence-electron chi connectivity index (χ1n) is 17.4. The van der Waals surface area contributed by atoms with Crippen LogP contribution in [0.2, 0.25) is 0 Å². The van der Waals surface area contributed by atoms with Crippen molar-refractivity contribution in [3.05, 3.63) is 0 Å². The van der Waals surface area contributed by atoms with Gasteiger partial charge in [-0.3, -0.25) is 4.55 Å². The van der Waals surface area contributed by atoms with Crippen molar-refractivity contribution in [2.45, 2.75) is 136 Å². The van der Waals surface area contributed by atoms with E-state index < -0.39 is 16.5 Å². The van der Waals surface area contributed by atoms with Crippen LogP contribution in [-0.2, 0) is 14.6 Å². The minimum absolute atomic E-state index is 0.0271. The number of rotatable bonds is 16. The molecule has 9 heteroatoms. The van der Waals surface area contributed by atoms with Gasteiger partial charge in [0.1, 0.15) is 0 Å². The molecule has 0 radical (unpaired) electrons. The van der Waals surface area contributed by atoms with Crippen LogP contribution in [0.4, 0.5) is 0 Å². The topological polar surface area (TPSA) is 134 Å². The van der Waals surface area contributed by atoms with E-state index in [9.17, 15) is 18.1 Å². The molecule has 4 rings (SSSR count). The fraction of sp³-hybridized carbons (Fsp3) is 1.00. The first kappa shape index (κ1) is 34.6. The van der Waals surface area contributed by atoms with Gasteiger partial charge in [-0.1, -0.05) is 34.1 Å². The van der Waals surface area contributed by atoms with Crippen LogP contribution in [-0.4, -0.2) is 62.5 Å². The molecule has 0 aromatic rings. The van der Waals surface area contributed by atoms with Crippen LogP contribution in [0.15, 0.2) is 0 Å². The van der Waals surface area contributed by atoms with Gasteiger partial charge in [-0.15, -0.1) is 0 Å². The molecule has 0 amide bonds. The zero-order chi connectivity index (χ0) is 30.5. The third-order valence-corrected chi connectivity index (χ3v) is 13.2. The Morgan fingerprint density at radius 3 is 2.36 bits per heavy atom. The number of nitrogens with one attached hydrogen (secondary N) is 2. The van der Waals surface area contributed by atoms with E-state index in [1.807, 2.05) is 13.8 Å². The maximum Gasteiger partial charge on any atom is 0.397 e. The summed E-state index contributed by atoms with van der Waals surface area (Å²) in [5.74, 6) is 2.85. The van der Waals surface area contributed by atoms with E-state index in [0.717, 1.165) is 64.7 Å². The molecule has 0 aromatic carbocycles. The van der Waals surface area contributed by atoms with E-state index in [1.54, 1.807) is 0 Å². The van der Waals surface area contributed by atoms with Crippen molar-refractivity contribution >= 4 is 10.4 Å². The standard InChI is InChI=1S/C33H63N3O5S/c1-23(2)30(41-42(38,39)40)10-7-9-24-11-12-27-31-28(14-16-32(24,27)3)33(4)15-13-26(21-25(33)22-29(31)37)36-20-8-19-35-18-6-5-17-34/h23-31,35-37H,5-22,34H2,1-4H3,(H,38,39,40)/t24-,25?,26-,27?,28?,29?,30?,31?,32+,33-/m0/s1. The second kappa shape index (κ2) is 14.9. The molecule has 6 N–H and O–H groups in total. The summed E-state index contributed by atoms with van der Waals surface area (Å²) in [4.78, 5) is 0. The minimum Gasteiger partial charge on any atom is -0.393 e. The van der Waals surface area contributed by atoms with Gasteiger partial charge < -0.3 is 21.5 Å². The summed E-state index contributed by atoms with van der Waals surface area (Å²) in [6, 6.07) is 0.577.